The minimum absolute atomic E-state index is 0.0790. The summed E-state index contributed by atoms with van der Waals surface area (Å²) in [6.45, 7) is 2.57. The number of hydrogen-bond acceptors (Lipinski definition) is 6. The van der Waals surface area contributed by atoms with E-state index in [0.717, 1.165) is 17.8 Å². The van der Waals surface area contributed by atoms with Gasteiger partial charge >= 0.3 is 0 Å². The quantitative estimate of drug-likeness (QED) is 0.758. The summed E-state index contributed by atoms with van der Waals surface area (Å²) in [5.41, 5.74) is 0.334. The van der Waals surface area contributed by atoms with Gasteiger partial charge in [-0.2, -0.15) is 0 Å². The van der Waals surface area contributed by atoms with Gasteiger partial charge in [0.25, 0.3) is 5.91 Å². The van der Waals surface area contributed by atoms with E-state index < -0.39 is 11.7 Å². The van der Waals surface area contributed by atoms with Gasteiger partial charge in [-0.15, -0.1) is 10.2 Å². The van der Waals surface area contributed by atoms with Crippen LogP contribution in [-0.4, -0.2) is 35.2 Å². The van der Waals surface area contributed by atoms with Crippen molar-refractivity contribution in [1.82, 2.24) is 15.5 Å². The van der Waals surface area contributed by atoms with Crippen LogP contribution in [0.25, 0.3) is 0 Å². The fraction of sp³-hybridized carbons (Fsp3) is 0.333. The molecule has 1 aromatic heterocycles. The molecule has 0 aliphatic carbocycles. The Bertz CT molecular complexity index is 708. The zero-order valence-electron chi connectivity index (χ0n) is 13.0. The Morgan fingerprint density at radius 1 is 1.33 bits per heavy atom. The maximum Gasteiger partial charge on any atom is 0.286 e. The van der Waals surface area contributed by atoms with Crippen molar-refractivity contribution in [3.05, 3.63) is 40.1 Å². The topological polar surface area (TPSA) is 93.2 Å². The monoisotopic (exact) mass is 352 g/mol. The van der Waals surface area contributed by atoms with Crippen molar-refractivity contribution in [2.75, 3.05) is 18.5 Å². The number of hydrogen-bond donors (Lipinski definition) is 2. The van der Waals surface area contributed by atoms with Crippen molar-refractivity contribution >= 4 is 28.8 Å². The lowest BCUT2D eigenvalue weighted by Gasteiger charge is -2.03. The number of halogens is 1. The van der Waals surface area contributed by atoms with E-state index in [2.05, 4.69) is 20.8 Å². The van der Waals surface area contributed by atoms with Gasteiger partial charge in [-0.1, -0.05) is 24.3 Å². The van der Waals surface area contributed by atoms with E-state index in [1.165, 1.54) is 18.2 Å². The number of amides is 2. The van der Waals surface area contributed by atoms with Crippen molar-refractivity contribution in [3.63, 3.8) is 0 Å². The number of benzene rings is 1. The summed E-state index contributed by atoms with van der Waals surface area (Å²) < 4.78 is 18.3. The molecule has 2 N–H and O–H groups in total. The number of carbonyl (C=O) groups is 2. The largest absolute Gasteiger partial charge is 0.364 e. The smallest absolute Gasteiger partial charge is 0.286 e. The molecule has 7 nitrogen and oxygen atoms in total. The molecule has 0 unspecified atom stereocenters. The van der Waals surface area contributed by atoms with Crippen LogP contribution in [0.5, 0.6) is 0 Å². The van der Waals surface area contributed by atoms with E-state index in [0.29, 0.717) is 17.2 Å². The van der Waals surface area contributed by atoms with Crippen LogP contribution in [0.2, 0.25) is 0 Å². The van der Waals surface area contributed by atoms with E-state index in [-0.39, 0.29) is 24.1 Å². The molecule has 2 aromatic rings. The lowest BCUT2D eigenvalue weighted by atomic mass is 10.3. The number of carbonyl (C=O) groups excluding carboxylic acids is 2. The molecule has 0 bridgehead atoms. The SMILES string of the molecule is CCCNC(=O)COCc1nnc(C(=O)Nc2cccc(F)c2)s1. The van der Waals surface area contributed by atoms with Gasteiger partial charge in [0.05, 0.1) is 0 Å². The highest BCUT2D eigenvalue weighted by Crippen LogP contribution is 2.14. The predicted molar refractivity (Wildman–Crippen MR) is 87.2 cm³/mol. The second-order valence-corrected chi connectivity index (χ2v) is 5.87. The Hall–Kier alpha value is -2.39. The molecule has 0 fully saturated rings. The molecule has 1 aromatic carbocycles. The molecular formula is C15H17FN4O3S. The molecule has 1 heterocycles. The fourth-order valence-corrected chi connectivity index (χ4v) is 2.37. The van der Waals surface area contributed by atoms with Crippen LogP contribution in [0.3, 0.4) is 0 Å². The van der Waals surface area contributed by atoms with Gasteiger partial charge in [-0.3, -0.25) is 9.59 Å². The third kappa shape index (κ3) is 5.67. The molecule has 0 radical (unpaired) electrons. The summed E-state index contributed by atoms with van der Waals surface area (Å²) in [4.78, 5) is 23.4. The zero-order chi connectivity index (χ0) is 17.4. The van der Waals surface area contributed by atoms with Gasteiger partial charge in [0.2, 0.25) is 10.9 Å². The van der Waals surface area contributed by atoms with E-state index in [1.807, 2.05) is 6.92 Å². The molecule has 0 saturated carbocycles. The maximum atomic E-state index is 13.1. The number of aromatic nitrogens is 2. The molecule has 0 aliphatic heterocycles. The highest BCUT2D eigenvalue weighted by atomic mass is 32.1. The van der Waals surface area contributed by atoms with E-state index >= 15 is 0 Å². The minimum atomic E-state index is -0.481. The molecule has 0 saturated heterocycles. The fourth-order valence-electron chi connectivity index (χ4n) is 1.70. The number of ether oxygens (including phenoxy) is 1. The Labute approximate surface area is 142 Å². The first kappa shape index (κ1) is 18.0. The summed E-state index contributed by atoms with van der Waals surface area (Å²) in [6.07, 6.45) is 0.853. The second-order valence-electron chi connectivity index (χ2n) is 4.81. The molecule has 24 heavy (non-hydrogen) atoms. The lowest BCUT2D eigenvalue weighted by Crippen LogP contribution is -2.28. The Balaban J connectivity index is 1.81. The molecule has 2 rings (SSSR count). The van der Waals surface area contributed by atoms with Crippen molar-refractivity contribution in [2.24, 2.45) is 0 Å². The first-order valence-electron chi connectivity index (χ1n) is 7.32. The molecule has 128 valence electrons. The summed E-state index contributed by atoms with van der Waals surface area (Å²) in [5.74, 6) is -1.13. The summed E-state index contributed by atoms with van der Waals surface area (Å²) >= 11 is 1.05. The molecule has 0 atom stereocenters. The predicted octanol–water partition coefficient (Wildman–Crippen LogP) is 1.97. The van der Waals surface area contributed by atoms with Crippen LogP contribution in [0.15, 0.2) is 24.3 Å². The normalized spacial score (nSPS) is 10.4. The zero-order valence-corrected chi connectivity index (χ0v) is 13.9. The standard InChI is InChI=1S/C15H17FN4O3S/c1-2-6-17-12(21)8-23-9-13-19-20-15(24-13)14(22)18-11-5-3-4-10(16)7-11/h3-5,7H,2,6,8-9H2,1H3,(H,17,21)(H,18,22). The van der Waals surface area contributed by atoms with Gasteiger partial charge in [-0.05, 0) is 24.6 Å². The molecule has 9 heteroatoms. The number of nitrogens with zero attached hydrogens (tertiary/aromatic N) is 2. The van der Waals surface area contributed by atoms with Gasteiger partial charge in [0.15, 0.2) is 0 Å². The summed E-state index contributed by atoms with van der Waals surface area (Å²) in [7, 11) is 0. The number of rotatable bonds is 8. The maximum absolute atomic E-state index is 13.1. The van der Waals surface area contributed by atoms with E-state index in [1.54, 1.807) is 6.07 Å². The van der Waals surface area contributed by atoms with Crippen molar-refractivity contribution < 1.29 is 18.7 Å². The first-order valence-corrected chi connectivity index (χ1v) is 8.14. The van der Waals surface area contributed by atoms with Crippen molar-refractivity contribution in [3.8, 4) is 0 Å². The van der Waals surface area contributed by atoms with Crippen LogP contribution in [0, 0.1) is 5.82 Å². The van der Waals surface area contributed by atoms with Crippen LogP contribution in [-0.2, 0) is 16.1 Å². The second kappa shape index (κ2) is 9.04. The highest BCUT2D eigenvalue weighted by Gasteiger charge is 2.13. The van der Waals surface area contributed by atoms with E-state index in [4.69, 9.17) is 4.74 Å². The van der Waals surface area contributed by atoms with Gasteiger partial charge in [-0.25, -0.2) is 4.39 Å². The van der Waals surface area contributed by atoms with Crippen molar-refractivity contribution in [1.29, 1.82) is 0 Å². The van der Waals surface area contributed by atoms with Crippen LogP contribution in [0.1, 0.15) is 28.2 Å². The van der Waals surface area contributed by atoms with Crippen LogP contribution < -0.4 is 10.6 Å². The number of nitrogens with one attached hydrogen (secondary N) is 2. The minimum Gasteiger partial charge on any atom is -0.364 e. The molecule has 0 spiro atoms. The average Bonchev–Trinajstić information content (AvgIpc) is 3.02. The third-order valence-electron chi connectivity index (χ3n) is 2.77. The third-order valence-corrected chi connectivity index (χ3v) is 3.67. The van der Waals surface area contributed by atoms with Crippen molar-refractivity contribution in [2.45, 2.75) is 20.0 Å². The average molecular weight is 352 g/mol. The van der Waals surface area contributed by atoms with Crippen LogP contribution in [0.4, 0.5) is 10.1 Å². The van der Waals surface area contributed by atoms with Gasteiger partial charge in [0.1, 0.15) is 24.0 Å². The van der Waals surface area contributed by atoms with Gasteiger partial charge < -0.3 is 15.4 Å². The first-order chi connectivity index (χ1) is 11.6. The molecule has 2 amide bonds. The summed E-state index contributed by atoms with van der Waals surface area (Å²) in [5, 5.41) is 13.4. The molecular weight excluding hydrogens is 335 g/mol. The Morgan fingerprint density at radius 3 is 2.92 bits per heavy atom. The Morgan fingerprint density at radius 2 is 2.17 bits per heavy atom. The number of anilines is 1. The summed E-state index contributed by atoms with van der Waals surface area (Å²) in [6, 6.07) is 5.55. The van der Waals surface area contributed by atoms with Gasteiger partial charge in [0, 0.05) is 12.2 Å². The van der Waals surface area contributed by atoms with Crippen LogP contribution >= 0.6 is 11.3 Å². The Kier molecular flexibility index (Phi) is 6.76. The molecule has 0 aliphatic rings. The highest BCUT2D eigenvalue weighted by molar-refractivity contribution is 7.13. The lowest BCUT2D eigenvalue weighted by molar-refractivity contribution is -0.126. The van der Waals surface area contributed by atoms with E-state index in [9.17, 15) is 14.0 Å².